The molecule has 7 nitrogen and oxygen atoms in total. The van der Waals surface area contributed by atoms with Crippen molar-refractivity contribution in [1.82, 2.24) is 19.9 Å². The van der Waals surface area contributed by atoms with Crippen LogP contribution < -0.4 is 16.0 Å². The van der Waals surface area contributed by atoms with Gasteiger partial charge in [0.2, 0.25) is 11.8 Å². The van der Waals surface area contributed by atoms with Crippen LogP contribution in [0, 0.1) is 5.92 Å². The van der Waals surface area contributed by atoms with Gasteiger partial charge in [0.15, 0.2) is 0 Å². The van der Waals surface area contributed by atoms with Gasteiger partial charge in [-0.3, -0.25) is 14.7 Å². The molecule has 2 aromatic rings. The number of aromatic nitrogens is 3. The fourth-order valence-electron chi connectivity index (χ4n) is 3.03. The van der Waals surface area contributed by atoms with E-state index in [0.717, 1.165) is 30.8 Å². The minimum absolute atomic E-state index is 0.140. The van der Waals surface area contributed by atoms with Crippen LogP contribution in [-0.2, 0) is 19.5 Å². The monoisotopic (exact) mass is 327 g/mol. The van der Waals surface area contributed by atoms with Gasteiger partial charge in [0.05, 0.1) is 17.9 Å². The molecule has 0 radical (unpaired) electrons. The second-order valence-electron chi connectivity index (χ2n) is 6.56. The molecule has 7 heteroatoms. The maximum Gasteiger partial charge on any atom is 0.257 e. The summed E-state index contributed by atoms with van der Waals surface area (Å²) < 4.78 is 5.88. The van der Waals surface area contributed by atoms with Gasteiger partial charge >= 0.3 is 0 Å². The molecule has 0 atom stereocenters. The Labute approximate surface area is 139 Å². The summed E-state index contributed by atoms with van der Waals surface area (Å²) in [7, 11) is 0. The van der Waals surface area contributed by atoms with Gasteiger partial charge < -0.3 is 10.5 Å². The number of nitrogen functional groups attached to an aromatic ring is 1. The Bertz CT molecular complexity index is 800. The minimum atomic E-state index is -0.140. The van der Waals surface area contributed by atoms with E-state index in [9.17, 15) is 4.79 Å². The summed E-state index contributed by atoms with van der Waals surface area (Å²) in [6.07, 6.45) is 4.99. The van der Waals surface area contributed by atoms with E-state index in [1.54, 1.807) is 6.20 Å². The minimum Gasteiger partial charge on any atom is -0.477 e. The highest BCUT2D eigenvalue weighted by Crippen LogP contribution is 2.30. The number of aromatic amines is 1. The first-order valence-electron chi connectivity index (χ1n) is 8.35. The summed E-state index contributed by atoms with van der Waals surface area (Å²) in [6, 6.07) is 3.96. The van der Waals surface area contributed by atoms with Crippen molar-refractivity contribution in [3.05, 3.63) is 45.5 Å². The van der Waals surface area contributed by atoms with E-state index in [4.69, 9.17) is 10.5 Å². The number of fused-ring (bicyclic) bond motifs is 1. The van der Waals surface area contributed by atoms with E-state index in [1.807, 2.05) is 12.1 Å². The van der Waals surface area contributed by atoms with Crippen LogP contribution in [0.3, 0.4) is 0 Å². The fourth-order valence-corrected chi connectivity index (χ4v) is 3.03. The van der Waals surface area contributed by atoms with Crippen molar-refractivity contribution >= 4 is 5.95 Å². The average molecular weight is 327 g/mol. The topological polar surface area (TPSA) is 97.1 Å². The van der Waals surface area contributed by atoms with Gasteiger partial charge in [-0.15, -0.1) is 0 Å². The fraction of sp³-hybridized carbons (Fsp3) is 0.471. The van der Waals surface area contributed by atoms with Crippen LogP contribution in [0.2, 0.25) is 0 Å². The van der Waals surface area contributed by atoms with Crippen LogP contribution in [0.5, 0.6) is 5.88 Å². The normalized spacial score (nSPS) is 17.5. The number of pyridine rings is 1. The molecular weight excluding hydrogens is 306 g/mol. The molecule has 1 saturated carbocycles. The highest BCUT2D eigenvalue weighted by molar-refractivity contribution is 5.29. The predicted molar refractivity (Wildman–Crippen MR) is 89.5 cm³/mol. The van der Waals surface area contributed by atoms with E-state index < -0.39 is 0 Å². The molecule has 24 heavy (non-hydrogen) atoms. The van der Waals surface area contributed by atoms with Crippen molar-refractivity contribution in [2.75, 3.05) is 18.9 Å². The molecule has 1 aliphatic carbocycles. The molecule has 2 aromatic heterocycles. The molecule has 0 saturated heterocycles. The van der Waals surface area contributed by atoms with Crippen molar-refractivity contribution in [2.45, 2.75) is 32.4 Å². The predicted octanol–water partition coefficient (Wildman–Crippen LogP) is 1.09. The molecule has 0 amide bonds. The molecule has 0 aromatic carbocycles. The quantitative estimate of drug-likeness (QED) is 0.853. The SMILES string of the molecule is Nc1nc2c(c(=O)[nH]1)CN(Cc1cccnc1OCC1CC1)CC2. The van der Waals surface area contributed by atoms with Crippen molar-refractivity contribution in [3.63, 3.8) is 0 Å². The van der Waals surface area contributed by atoms with Gasteiger partial charge in [0, 0.05) is 37.8 Å². The molecule has 3 N–H and O–H groups in total. The van der Waals surface area contributed by atoms with E-state index in [0.29, 0.717) is 30.5 Å². The first kappa shape index (κ1) is 15.1. The van der Waals surface area contributed by atoms with E-state index in [-0.39, 0.29) is 11.5 Å². The number of ether oxygens (including phenoxy) is 1. The third-order valence-electron chi connectivity index (χ3n) is 4.56. The maximum absolute atomic E-state index is 12.1. The number of anilines is 1. The largest absolute Gasteiger partial charge is 0.477 e. The lowest BCUT2D eigenvalue weighted by Crippen LogP contribution is -2.35. The standard InChI is InChI=1S/C17H21N5O2/c18-17-20-14-5-7-22(9-13(14)15(23)21-17)8-12-2-1-6-19-16(12)24-10-11-3-4-11/h1-2,6,11H,3-5,7-10H2,(H3,18,20,21,23). The second-order valence-corrected chi connectivity index (χ2v) is 6.56. The van der Waals surface area contributed by atoms with Gasteiger partial charge in [-0.25, -0.2) is 9.97 Å². The Morgan fingerprint density at radius 1 is 1.42 bits per heavy atom. The number of rotatable bonds is 5. The molecule has 0 spiro atoms. The first-order valence-corrected chi connectivity index (χ1v) is 8.35. The van der Waals surface area contributed by atoms with Gasteiger partial charge in [-0.1, -0.05) is 6.07 Å². The number of nitrogens with zero attached hydrogens (tertiary/aromatic N) is 3. The lowest BCUT2D eigenvalue weighted by molar-refractivity contribution is 0.230. The molecule has 3 heterocycles. The average Bonchev–Trinajstić information content (AvgIpc) is 3.39. The van der Waals surface area contributed by atoms with Gasteiger partial charge in [0.1, 0.15) is 0 Å². The zero-order valence-corrected chi connectivity index (χ0v) is 13.5. The highest BCUT2D eigenvalue weighted by Gasteiger charge is 2.24. The summed E-state index contributed by atoms with van der Waals surface area (Å²) >= 11 is 0. The number of H-pyrrole nitrogens is 1. The van der Waals surface area contributed by atoms with Gasteiger partial charge in [0.25, 0.3) is 5.56 Å². The van der Waals surface area contributed by atoms with Crippen molar-refractivity contribution in [3.8, 4) is 5.88 Å². The van der Waals surface area contributed by atoms with E-state index >= 15 is 0 Å². The molecule has 2 aliphatic rings. The Hall–Kier alpha value is -2.41. The van der Waals surface area contributed by atoms with Crippen LogP contribution in [0.4, 0.5) is 5.95 Å². The number of nitrogens with one attached hydrogen (secondary N) is 1. The molecule has 0 bridgehead atoms. The first-order chi connectivity index (χ1) is 11.7. The molecular formula is C17H21N5O2. The summed E-state index contributed by atoms with van der Waals surface area (Å²) in [5.41, 5.74) is 8.05. The third-order valence-corrected chi connectivity index (χ3v) is 4.56. The van der Waals surface area contributed by atoms with Crippen LogP contribution in [0.15, 0.2) is 23.1 Å². The summed E-state index contributed by atoms with van der Waals surface area (Å²) in [5.74, 6) is 1.59. The lowest BCUT2D eigenvalue weighted by Gasteiger charge is -2.27. The zero-order chi connectivity index (χ0) is 16.5. The van der Waals surface area contributed by atoms with Crippen molar-refractivity contribution in [2.24, 2.45) is 5.92 Å². The van der Waals surface area contributed by atoms with Crippen molar-refractivity contribution < 1.29 is 4.74 Å². The second kappa shape index (κ2) is 6.24. The third kappa shape index (κ3) is 3.26. The molecule has 126 valence electrons. The van der Waals surface area contributed by atoms with Crippen LogP contribution in [-0.4, -0.2) is 33.0 Å². The number of nitrogens with two attached hydrogens (primary N) is 1. The summed E-state index contributed by atoms with van der Waals surface area (Å²) in [5, 5.41) is 0. The summed E-state index contributed by atoms with van der Waals surface area (Å²) in [4.78, 5) is 25.5. The van der Waals surface area contributed by atoms with Gasteiger partial charge in [-0.05, 0) is 24.8 Å². The number of hydrogen-bond donors (Lipinski definition) is 2. The summed E-state index contributed by atoms with van der Waals surface area (Å²) in [6.45, 7) is 2.85. The van der Waals surface area contributed by atoms with Gasteiger partial charge in [-0.2, -0.15) is 0 Å². The molecule has 1 aliphatic heterocycles. The Balaban J connectivity index is 1.49. The Kier molecular flexibility index (Phi) is 3.93. The van der Waals surface area contributed by atoms with Crippen molar-refractivity contribution in [1.29, 1.82) is 0 Å². The molecule has 0 unspecified atom stereocenters. The van der Waals surface area contributed by atoms with E-state index in [2.05, 4.69) is 19.9 Å². The molecule has 1 fully saturated rings. The number of hydrogen-bond acceptors (Lipinski definition) is 6. The van der Waals surface area contributed by atoms with Crippen LogP contribution in [0.1, 0.15) is 29.7 Å². The maximum atomic E-state index is 12.1. The van der Waals surface area contributed by atoms with Crippen LogP contribution in [0.25, 0.3) is 0 Å². The van der Waals surface area contributed by atoms with E-state index in [1.165, 1.54) is 12.8 Å². The lowest BCUT2D eigenvalue weighted by atomic mass is 10.1. The highest BCUT2D eigenvalue weighted by atomic mass is 16.5. The Morgan fingerprint density at radius 2 is 2.29 bits per heavy atom. The van der Waals surface area contributed by atoms with Crippen LogP contribution >= 0.6 is 0 Å². The zero-order valence-electron chi connectivity index (χ0n) is 13.5. The smallest absolute Gasteiger partial charge is 0.257 e. The molecule has 4 rings (SSSR count). The Morgan fingerprint density at radius 3 is 3.12 bits per heavy atom.